The zero-order valence-electron chi connectivity index (χ0n) is 11.7. The highest BCUT2D eigenvalue weighted by Gasteiger charge is 2.17. The molecule has 1 aliphatic rings. The lowest BCUT2D eigenvalue weighted by Crippen LogP contribution is -2.05. The van der Waals surface area contributed by atoms with E-state index in [0.717, 1.165) is 37.2 Å². The monoisotopic (exact) mass is 280 g/mol. The smallest absolute Gasteiger partial charge is 0.174 e. The Kier molecular flexibility index (Phi) is 3.69. The number of hydrogen-bond acceptors (Lipinski definition) is 4. The van der Waals surface area contributed by atoms with E-state index in [4.69, 9.17) is 0 Å². The summed E-state index contributed by atoms with van der Waals surface area (Å²) in [5.74, 6) is 1.82. The summed E-state index contributed by atoms with van der Waals surface area (Å²) in [7, 11) is 0. The summed E-state index contributed by atoms with van der Waals surface area (Å²) in [5.41, 5.74) is 1.36. The molecule has 21 heavy (non-hydrogen) atoms. The Balaban J connectivity index is 1.99. The standard InChI is InChI=1S/C16H16N4O/c17-11-13(10-12-5-7-14(21)8-6-12)16-19-18-15-4-2-1-3-9-20(15)16/h5-8,10,21H,1-4,9H2/b13-10-. The minimum atomic E-state index is 0.210. The van der Waals surface area contributed by atoms with E-state index in [9.17, 15) is 10.4 Å². The third-order valence-corrected chi connectivity index (χ3v) is 3.67. The Morgan fingerprint density at radius 3 is 2.76 bits per heavy atom. The average Bonchev–Trinajstić information content (AvgIpc) is 2.75. The van der Waals surface area contributed by atoms with Gasteiger partial charge in [0.2, 0.25) is 0 Å². The van der Waals surface area contributed by atoms with Gasteiger partial charge in [-0.3, -0.25) is 0 Å². The molecule has 0 bridgehead atoms. The molecule has 5 nitrogen and oxygen atoms in total. The van der Waals surface area contributed by atoms with Crippen molar-refractivity contribution in [2.75, 3.05) is 0 Å². The molecule has 1 N–H and O–H groups in total. The molecule has 0 spiro atoms. The Hall–Kier alpha value is -2.61. The molecule has 5 heteroatoms. The van der Waals surface area contributed by atoms with Crippen LogP contribution in [0.25, 0.3) is 11.6 Å². The molecule has 0 atom stereocenters. The fourth-order valence-corrected chi connectivity index (χ4v) is 2.57. The summed E-state index contributed by atoms with van der Waals surface area (Å²) in [5, 5.41) is 27.2. The fourth-order valence-electron chi connectivity index (χ4n) is 2.57. The van der Waals surface area contributed by atoms with Crippen LogP contribution >= 0.6 is 0 Å². The summed E-state index contributed by atoms with van der Waals surface area (Å²) in [6.07, 6.45) is 6.11. The second-order valence-electron chi connectivity index (χ2n) is 5.16. The molecule has 0 saturated heterocycles. The molecule has 0 radical (unpaired) electrons. The summed E-state index contributed by atoms with van der Waals surface area (Å²) in [6.45, 7) is 0.867. The molecule has 2 heterocycles. The van der Waals surface area contributed by atoms with Crippen LogP contribution in [0, 0.1) is 11.3 Å². The normalized spacial score (nSPS) is 15.1. The van der Waals surface area contributed by atoms with Gasteiger partial charge in [0.15, 0.2) is 5.82 Å². The maximum atomic E-state index is 9.44. The van der Waals surface area contributed by atoms with Gasteiger partial charge in [-0.2, -0.15) is 5.26 Å². The quantitative estimate of drug-likeness (QED) is 0.858. The molecule has 0 fully saturated rings. The minimum Gasteiger partial charge on any atom is -0.508 e. The SMILES string of the molecule is N#C/C(=C/c1ccc(O)cc1)c1nnc2n1CCCCC2. The first-order valence-corrected chi connectivity index (χ1v) is 7.11. The van der Waals surface area contributed by atoms with Crippen LogP contribution in [0.1, 0.15) is 36.5 Å². The number of phenolic OH excluding ortho intramolecular Hbond substituents is 1. The molecular weight excluding hydrogens is 264 g/mol. The highest BCUT2D eigenvalue weighted by Crippen LogP contribution is 2.22. The zero-order chi connectivity index (χ0) is 14.7. The maximum absolute atomic E-state index is 9.44. The van der Waals surface area contributed by atoms with Crippen molar-refractivity contribution in [3.05, 3.63) is 41.5 Å². The van der Waals surface area contributed by atoms with Crippen LogP contribution in [0.2, 0.25) is 0 Å². The third kappa shape index (κ3) is 2.79. The van der Waals surface area contributed by atoms with E-state index >= 15 is 0 Å². The summed E-state index contributed by atoms with van der Waals surface area (Å²) in [6, 6.07) is 8.96. The topological polar surface area (TPSA) is 74.7 Å². The Morgan fingerprint density at radius 2 is 2.00 bits per heavy atom. The molecule has 1 aromatic carbocycles. The first kappa shape index (κ1) is 13.4. The van der Waals surface area contributed by atoms with Crippen molar-refractivity contribution in [1.82, 2.24) is 14.8 Å². The van der Waals surface area contributed by atoms with Crippen molar-refractivity contribution < 1.29 is 5.11 Å². The van der Waals surface area contributed by atoms with E-state index in [1.54, 1.807) is 30.3 Å². The lowest BCUT2D eigenvalue weighted by molar-refractivity contribution is 0.475. The van der Waals surface area contributed by atoms with Crippen LogP contribution in [0.15, 0.2) is 24.3 Å². The van der Waals surface area contributed by atoms with Gasteiger partial charge in [0, 0.05) is 13.0 Å². The Bertz CT molecular complexity index is 707. The highest BCUT2D eigenvalue weighted by atomic mass is 16.3. The Morgan fingerprint density at radius 1 is 1.19 bits per heavy atom. The summed E-state index contributed by atoms with van der Waals surface area (Å²) >= 11 is 0. The second kappa shape index (κ2) is 5.80. The molecule has 2 aromatic rings. The van der Waals surface area contributed by atoms with Gasteiger partial charge in [-0.25, -0.2) is 0 Å². The molecule has 1 aromatic heterocycles. The molecular formula is C16H16N4O. The second-order valence-corrected chi connectivity index (χ2v) is 5.16. The Labute approximate surface area is 123 Å². The average molecular weight is 280 g/mol. The van der Waals surface area contributed by atoms with Crippen LogP contribution in [-0.2, 0) is 13.0 Å². The van der Waals surface area contributed by atoms with E-state index in [2.05, 4.69) is 20.8 Å². The third-order valence-electron chi connectivity index (χ3n) is 3.67. The van der Waals surface area contributed by atoms with Crippen molar-refractivity contribution in [3.63, 3.8) is 0 Å². The van der Waals surface area contributed by atoms with E-state index in [0.29, 0.717) is 11.4 Å². The van der Waals surface area contributed by atoms with Crippen molar-refractivity contribution in [2.24, 2.45) is 0 Å². The van der Waals surface area contributed by atoms with Gasteiger partial charge < -0.3 is 9.67 Å². The van der Waals surface area contributed by atoms with Gasteiger partial charge in [-0.1, -0.05) is 18.6 Å². The molecule has 1 aliphatic heterocycles. The van der Waals surface area contributed by atoms with Crippen molar-refractivity contribution in [3.8, 4) is 11.8 Å². The zero-order valence-corrected chi connectivity index (χ0v) is 11.7. The lowest BCUT2D eigenvalue weighted by atomic mass is 10.1. The van der Waals surface area contributed by atoms with Crippen LogP contribution in [-0.4, -0.2) is 19.9 Å². The predicted octanol–water partition coefficient (Wildman–Crippen LogP) is 2.77. The number of hydrogen-bond donors (Lipinski definition) is 1. The van der Waals surface area contributed by atoms with E-state index < -0.39 is 0 Å². The predicted molar refractivity (Wildman–Crippen MR) is 79.2 cm³/mol. The van der Waals surface area contributed by atoms with Crippen LogP contribution in [0.5, 0.6) is 5.75 Å². The van der Waals surface area contributed by atoms with E-state index in [1.807, 2.05) is 0 Å². The van der Waals surface area contributed by atoms with Crippen LogP contribution in [0.3, 0.4) is 0 Å². The van der Waals surface area contributed by atoms with Gasteiger partial charge >= 0.3 is 0 Å². The number of nitrogens with zero attached hydrogens (tertiary/aromatic N) is 4. The number of aromatic nitrogens is 3. The van der Waals surface area contributed by atoms with Gasteiger partial charge in [-0.05, 0) is 36.6 Å². The van der Waals surface area contributed by atoms with Crippen LogP contribution < -0.4 is 0 Å². The number of phenols is 1. The first-order valence-electron chi connectivity index (χ1n) is 7.11. The van der Waals surface area contributed by atoms with Crippen molar-refractivity contribution in [2.45, 2.75) is 32.2 Å². The number of aryl methyl sites for hydroxylation is 1. The molecule has 0 aliphatic carbocycles. The minimum absolute atomic E-state index is 0.210. The largest absolute Gasteiger partial charge is 0.508 e. The maximum Gasteiger partial charge on any atom is 0.174 e. The molecule has 0 unspecified atom stereocenters. The highest BCUT2D eigenvalue weighted by molar-refractivity contribution is 5.87. The van der Waals surface area contributed by atoms with E-state index in [-0.39, 0.29) is 5.75 Å². The molecule has 106 valence electrons. The number of nitriles is 1. The summed E-state index contributed by atoms with van der Waals surface area (Å²) < 4.78 is 2.06. The number of allylic oxidation sites excluding steroid dienone is 1. The van der Waals surface area contributed by atoms with Gasteiger partial charge in [0.1, 0.15) is 17.6 Å². The number of fused-ring (bicyclic) bond motifs is 1. The molecule has 0 amide bonds. The molecule has 0 saturated carbocycles. The summed E-state index contributed by atoms with van der Waals surface area (Å²) in [4.78, 5) is 0. The molecule has 3 rings (SSSR count). The van der Waals surface area contributed by atoms with Gasteiger partial charge in [0.05, 0.1) is 5.57 Å². The fraction of sp³-hybridized carbons (Fsp3) is 0.312. The van der Waals surface area contributed by atoms with E-state index in [1.165, 1.54) is 6.42 Å². The number of rotatable bonds is 2. The van der Waals surface area contributed by atoms with Crippen LogP contribution in [0.4, 0.5) is 0 Å². The van der Waals surface area contributed by atoms with Crippen molar-refractivity contribution in [1.29, 1.82) is 5.26 Å². The van der Waals surface area contributed by atoms with Crippen molar-refractivity contribution >= 4 is 11.6 Å². The lowest BCUT2D eigenvalue weighted by Gasteiger charge is -2.05. The first-order chi connectivity index (χ1) is 10.3. The number of aromatic hydroxyl groups is 1. The van der Waals surface area contributed by atoms with Gasteiger partial charge in [-0.15, -0.1) is 10.2 Å². The number of benzene rings is 1. The van der Waals surface area contributed by atoms with Gasteiger partial charge in [0.25, 0.3) is 0 Å².